The Labute approximate surface area is 102 Å². The molecule has 94 valence electrons. The average Bonchev–Trinajstić information content (AvgIpc) is 2.37. The van der Waals surface area contributed by atoms with Crippen molar-refractivity contribution >= 4 is 5.97 Å². The van der Waals surface area contributed by atoms with Gasteiger partial charge in [-0.25, -0.2) is 4.79 Å². The summed E-state index contributed by atoms with van der Waals surface area (Å²) in [5.74, 6) is 0.311. The molecule has 0 amide bonds. The van der Waals surface area contributed by atoms with Gasteiger partial charge in [-0.15, -0.1) is 0 Å². The highest BCUT2D eigenvalue weighted by Gasteiger charge is 2.02. The third-order valence-corrected chi connectivity index (χ3v) is 2.24. The second-order valence-corrected chi connectivity index (χ2v) is 3.69. The van der Waals surface area contributed by atoms with Gasteiger partial charge in [0.1, 0.15) is 5.75 Å². The molecule has 1 N–H and O–H groups in total. The van der Waals surface area contributed by atoms with Gasteiger partial charge < -0.3 is 14.8 Å². The number of hydrogen-bond acceptors (Lipinski definition) is 4. The summed E-state index contributed by atoms with van der Waals surface area (Å²) in [6.45, 7) is 3.88. The molecule has 4 nitrogen and oxygen atoms in total. The van der Waals surface area contributed by atoms with Crippen LogP contribution >= 0.6 is 0 Å². The first kappa shape index (κ1) is 13.5. The third-order valence-electron chi connectivity index (χ3n) is 2.24. The topological polar surface area (TPSA) is 47.6 Å². The van der Waals surface area contributed by atoms with Gasteiger partial charge in [-0.05, 0) is 30.7 Å². The van der Waals surface area contributed by atoms with Crippen molar-refractivity contribution in [3.05, 3.63) is 29.8 Å². The summed E-state index contributed by atoms with van der Waals surface area (Å²) in [6.07, 6.45) is 1.11. The molecule has 0 spiro atoms. The predicted molar refractivity (Wildman–Crippen MR) is 66.0 cm³/mol. The average molecular weight is 237 g/mol. The molecule has 4 heteroatoms. The van der Waals surface area contributed by atoms with Gasteiger partial charge >= 0.3 is 5.97 Å². The summed E-state index contributed by atoms with van der Waals surface area (Å²) in [5.41, 5.74) is 1.14. The number of carbonyl (C=O) groups excluding carboxylic acids is 1. The van der Waals surface area contributed by atoms with E-state index >= 15 is 0 Å². The lowest BCUT2D eigenvalue weighted by atomic mass is 10.2. The normalized spacial score (nSPS) is 10.0. The van der Waals surface area contributed by atoms with Gasteiger partial charge in [0.15, 0.2) is 6.61 Å². The van der Waals surface area contributed by atoms with E-state index in [9.17, 15) is 4.79 Å². The molecule has 0 bridgehead atoms. The zero-order chi connectivity index (χ0) is 12.5. The molecular weight excluding hydrogens is 218 g/mol. The van der Waals surface area contributed by atoms with Crippen molar-refractivity contribution in [3.8, 4) is 5.75 Å². The van der Waals surface area contributed by atoms with Crippen LogP contribution in [0.1, 0.15) is 18.9 Å². The summed E-state index contributed by atoms with van der Waals surface area (Å²) in [6, 6.07) is 7.68. The van der Waals surface area contributed by atoms with Gasteiger partial charge in [-0.1, -0.05) is 19.1 Å². The van der Waals surface area contributed by atoms with E-state index in [4.69, 9.17) is 4.74 Å². The molecule has 0 heterocycles. The zero-order valence-electron chi connectivity index (χ0n) is 10.4. The van der Waals surface area contributed by atoms with Crippen molar-refractivity contribution in [2.75, 3.05) is 20.3 Å². The largest absolute Gasteiger partial charge is 0.482 e. The number of nitrogens with one attached hydrogen (secondary N) is 1. The first-order valence-electron chi connectivity index (χ1n) is 5.75. The fraction of sp³-hybridized carbons (Fsp3) is 0.462. The summed E-state index contributed by atoms with van der Waals surface area (Å²) in [4.78, 5) is 10.9. The van der Waals surface area contributed by atoms with Gasteiger partial charge in [0.05, 0.1) is 7.11 Å². The molecule has 1 aromatic rings. The van der Waals surface area contributed by atoms with Gasteiger partial charge in [0.25, 0.3) is 0 Å². The molecule has 0 radical (unpaired) electrons. The first-order chi connectivity index (χ1) is 8.26. The first-order valence-corrected chi connectivity index (χ1v) is 5.75. The Morgan fingerprint density at radius 2 is 2.24 bits per heavy atom. The van der Waals surface area contributed by atoms with E-state index in [1.165, 1.54) is 7.11 Å². The number of ether oxygens (including phenoxy) is 2. The molecule has 0 unspecified atom stereocenters. The van der Waals surface area contributed by atoms with Crippen LogP contribution in [0.2, 0.25) is 0 Å². The fourth-order valence-electron chi connectivity index (χ4n) is 1.36. The van der Waals surface area contributed by atoms with Gasteiger partial charge in [0, 0.05) is 6.54 Å². The molecule has 0 aromatic heterocycles. The Hall–Kier alpha value is -1.55. The van der Waals surface area contributed by atoms with Crippen LogP contribution in [0.25, 0.3) is 0 Å². The molecule has 0 aliphatic carbocycles. The van der Waals surface area contributed by atoms with Crippen molar-refractivity contribution in [2.24, 2.45) is 0 Å². The summed E-state index contributed by atoms with van der Waals surface area (Å²) in [5, 5.41) is 3.31. The van der Waals surface area contributed by atoms with Crippen LogP contribution in [0.3, 0.4) is 0 Å². The van der Waals surface area contributed by atoms with E-state index in [-0.39, 0.29) is 12.6 Å². The second kappa shape index (κ2) is 7.68. The fourth-order valence-corrected chi connectivity index (χ4v) is 1.36. The Morgan fingerprint density at radius 3 is 2.94 bits per heavy atom. The van der Waals surface area contributed by atoms with E-state index in [1.807, 2.05) is 24.3 Å². The SMILES string of the molecule is CCCNCc1cccc(OCC(=O)OC)c1. The Morgan fingerprint density at radius 1 is 1.41 bits per heavy atom. The smallest absolute Gasteiger partial charge is 0.343 e. The van der Waals surface area contributed by atoms with E-state index < -0.39 is 0 Å². The van der Waals surface area contributed by atoms with Crippen LogP contribution in [-0.2, 0) is 16.1 Å². The number of hydrogen-bond donors (Lipinski definition) is 1. The van der Waals surface area contributed by atoms with Crippen LogP contribution in [0.4, 0.5) is 0 Å². The van der Waals surface area contributed by atoms with E-state index in [2.05, 4.69) is 17.0 Å². The van der Waals surface area contributed by atoms with Crippen molar-refractivity contribution in [1.82, 2.24) is 5.32 Å². The van der Waals surface area contributed by atoms with Crippen LogP contribution in [0, 0.1) is 0 Å². The maximum absolute atomic E-state index is 10.9. The van der Waals surface area contributed by atoms with Gasteiger partial charge in [-0.3, -0.25) is 0 Å². The molecule has 17 heavy (non-hydrogen) atoms. The molecule has 0 aliphatic heterocycles. The van der Waals surface area contributed by atoms with Crippen molar-refractivity contribution in [3.63, 3.8) is 0 Å². The van der Waals surface area contributed by atoms with Crippen molar-refractivity contribution < 1.29 is 14.3 Å². The molecule has 0 saturated carbocycles. The lowest BCUT2D eigenvalue weighted by Gasteiger charge is -2.07. The number of methoxy groups -OCH3 is 1. The lowest BCUT2D eigenvalue weighted by Crippen LogP contribution is -2.14. The monoisotopic (exact) mass is 237 g/mol. The van der Waals surface area contributed by atoms with Crippen LogP contribution in [0.15, 0.2) is 24.3 Å². The third kappa shape index (κ3) is 5.36. The van der Waals surface area contributed by atoms with Gasteiger partial charge in [-0.2, -0.15) is 0 Å². The molecular formula is C13H19NO3. The Kier molecular flexibility index (Phi) is 6.10. The van der Waals surface area contributed by atoms with Crippen LogP contribution in [-0.4, -0.2) is 26.2 Å². The Bertz CT molecular complexity index is 352. The molecule has 1 aromatic carbocycles. The summed E-state index contributed by atoms with van der Waals surface area (Å²) < 4.78 is 9.81. The number of benzene rings is 1. The van der Waals surface area contributed by atoms with Crippen molar-refractivity contribution in [2.45, 2.75) is 19.9 Å². The maximum Gasteiger partial charge on any atom is 0.343 e. The molecule has 1 rings (SSSR count). The van der Waals surface area contributed by atoms with Crippen molar-refractivity contribution in [1.29, 1.82) is 0 Å². The molecule has 0 aliphatic rings. The minimum absolute atomic E-state index is 0.0532. The second-order valence-electron chi connectivity index (χ2n) is 3.69. The van der Waals surface area contributed by atoms with E-state index in [0.717, 1.165) is 25.1 Å². The molecule has 0 atom stereocenters. The minimum Gasteiger partial charge on any atom is -0.482 e. The highest BCUT2D eigenvalue weighted by Crippen LogP contribution is 2.13. The zero-order valence-corrected chi connectivity index (χ0v) is 10.4. The Balaban J connectivity index is 2.44. The minimum atomic E-state index is -0.375. The van der Waals surface area contributed by atoms with E-state index in [1.54, 1.807) is 0 Å². The number of rotatable bonds is 7. The number of esters is 1. The summed E-state index contributed by atoms with van der Waals surface area (Å²) >= 11 is 0. The highest BCUT2D eigenvalue weighted by molar-refractivity contribution is 5.70. The molecule has 0 fully saturated rings. The lowest BCUT2D eigenvalue weighted by molar-refractivity contribution is -0.142. The highest BCUT2D eigenvalue weighted by atomic mass is 16.6. The quantitative estimate of drug-likeness (QED) is 0.579. The van der Waals surface area contributed by atoms with Gasteiger partial charge in [0.2, 0.25) is 0 Å². The number of carbonyl (C=O) groups is 1. The maximum atomic E-state index is 10.9. The summed E-state index contributed by atoms with van der Waals surface area (Å²) in [7, 11) is 1.34. The standard InChI is InChI=1S/C13H19NO3/c1-3-7-14-9-11-5-4-6-12(8-11)17-10-13(15)16-2/h4-6,8,14H,3,7,9-10H2,1-2H3. The van der Waals surface area contributed by atoms with Crippen LogP contribution in [0.5, 0.6) is 5.75 Å². The predicted octanol–water partition coefficient (Wildman–Crippen LogP) is 1.74. The van der Waals surface area contributed by atoms with E-state index in [0.29, 0.717) is 5.75 Å². The van der Waals surface area contributed by atoms with Crippen LogP contribution < -0.4 is 10.1 Å². The molecule has 0 saturated heterocycles.